The van der Waals surface area contributed by atoms with Gasteiger partial charge in [-0.1, -0.05) is 80.5 Å². The molecule has 7 rings (SSSR count). The molecule has 1 aliphatic carbocycles. The second-order valence-corrected chi connectivity index (χ2v) is 24.9. The summed E-state index contributed by atoms with van der Waals surface area (Å²) in [5, 5.41) is 38.0. The normalized spacial score (nSPS) is 28.7. The van der Waals surface area contributed by atoms with E-state index in [0.717, 1.165) is 9.80 Å². The molecule has 1 aromatic carbocycles. The monoisotopic (exact) mass is 1170 g/mol. The number of fused-ring (bicyclic) bond motifs is 13. The Morgan fingerprint density at radius 2 is 1.59 bits per heavy atom. The zero-order chi connectivity index (χ0) is 60.9. The average Bonchev–Trinajstić information content (AvgIpc) is 1.85. The molecule has 5 heterocycles. The number of phenolic OH excluding ortho intramolecular Hbond substituents is 1. The second kappa shape index (κ2) is 26.6. The Labute approximate surface area is 478 Å². The van der Waals surface area contributed by atoms with Crippen LogP contribution < -0.4 is 10.1 Å². The molecule has 1 saturated heterocycles. The number of ketones is 2. The third-order valence-electron chi connectivity index (χ3n) is 16.9. The molecule has 452 valence electrons. The molecule has 1 fully saturated rings. The van der Waals surface area contributed by atoms with Crippen LogP contribution in [0.4, 0.5) is 9.59 Å². The molecule has 5 aliphatic heterocycles. The van der Waals surface area contributed by atoms with Gasteiger partial charge in [0.1, 0.15) is 47.1 Å². The number of esters is 1. The Morgan fingerprint density at radius 3 is 2.21 bits per heavy atom. The summed E-state index contributed by atoms with van der Waals surface area (Å²) in [5.41, 5.74) is -4.80. The van der Waals surface area contributed by atoms with Crippen LogP contribution in [-0.4, -0.2) is 163 Å². The average molecular weight is 1170 g/mol. The summed E-state index contributed by atoms with van der Waals surface area (Å²) in [5.74, 6) is -7.34. The molecule has 6 N–H and O–H groups in total. The van der Waals surface area contributed by atoms with Gasteiger partial charge in [0.2, 0.25) is 12.6 Å². The highest BCUT2D eigenvalue weighted by atomic mass is 31.2. The zero-order valence-corrected chi connectivity index (χ0v) is 49.9. The zero-order valence-electron chi connectivity index (χ0n) is 49.0. The number of aromatic hydroxyl groups is 1. The van der Waals surface area contributed by atoms with Crippen molar-refractivity contribution in [1.82, 2.24) is 20.0 Å². The first-order chi connectivity index (χ1) is 38.4. The number of carbonyl (C=O) groups is 7. The van der Waals surface area contributed by atoms with Gasteiger partial charge in [-0.25, -0.2) is 14.5 Å². The molecule has 0 aromatic heterocycles. The number of likely N-dealkylation sites (tertiary alicyclic amines) is 1. The van der Waals surface area contributed by atoms with Gasteiger partial charge in [0.05, 0.1) is 41.9 Å². The van der Waals surface area contributed by atoms with Gasteiger partial charge in [-0.2, -0.15) is 0 Å². The Kier molecular flexibility index (Phi) is 21.0. The molecule has 6 aliphatic rings. The van der Waals surface area contributed by atoms with Crippen molar-refractivity contribution in [2.45, 2.75) is 145 Å². The number of nitrogens with zero attached hydrogens (tertiary/aromatic N) is 4. The second-order valence-electron chi connectivity index (χ2n) is 23.0. The SMILES string of the molecule is CCC(=O)OCOC(=O)N(CCCC(C=O)P(=O)(O)O)CCOC(=O)N1C2=C3NC(=O)/C(C)=C\C=C\[C@H](C)[C@H](O)[C@@H](C)[C@@H](O)[C@@H](C)[C@H](C)[C@H](C)[C@@H](C)/C=C/O[C@@]4(C)Oc5c(C)c(O)c(c(c5C4=O)C2=NC12CCN(CC(C)C)CC2)C3=O. The van der Waals surface area contributed by atoms with E-state index in [1.807, 2.05) is 27.7 Å². The van der Waals surface area contributed by atoms with Crippen LogP contribution in [0.3, 0.4) is 0 Å². The maximum absolute atomic E-state index is 15.5. The maximum atomic E-state index is 15.5. The number of allylic oxidation sites excluding steroid dienone is 5. The number of Topliss-reactive ketones (excluding diaryl/α,β-unsaturated/α-hetero) is 2. The topological polar surface area (TPSA) is 318 Å². The fourth-order valence-electron chi connectivity index (χ4n) is 11.2. The Hall–Kier alpha value is -6.23. The van der Waals surface area contributed by atoms with Gasteiger partial charge >= 0.3 is 31.5 Å². The van der Waals surface area contributed by atoms with Crippen LogP contribution in [0.5, 0.6) is 11.5 Å². The molecule has 1 unspecified atom stereocenters. The lowest BCUT2D eigenvalue weighted by atomic mass is 9.72. The quantitative estimate of drug-likeness (QED) is 0.0490. The number of aliphatic hydroxyl groups is 2. The number of hydrogen-bond acceptors (Lipinski definition) is 18. The first kappa shape index (κ1) is 64.9. The van der Waals surface area contributed by atoms with E-state index in [0.29, 0.717) is 19.6 Å². The maximum Gasteiger partial charge on any atom is 0.416 e. The molecule has 3 amide bonds. The van der Waals surface area contributed by atoms with E-state index < -0.39 is 121 Å². The number of hydrogen-bond donors (Lipinski definition) is 6. The smallest absolute Gasteiger partial charge is 0.416 e. The number of piperidine rings is 1. The van der Waals surface area contributed by atoms with E-state index in [9.17, 15) is 48.8 Å². The minimum Gasteiger partial charge on any atom is -0.507 e. The minimum atomic E-state index is -4.85. The molecule has 82 heavy (non-hydrogen) atoms. The van der Waals surface area contributed by atoms with E-state index in [4.69, 9.17) is 28.7 Å². The lowest BCUT2D eigenvalue weighted by Gasteiger charge is -2.43. The molecule has 23 nitrogen and oxygen atoms in total. The first-order valence-corrected chi connectivity index (χ1v) is 29.8. The van der Waals surface area contributed by atoms with E-state index in [1.165, 1.54) is 40.0 Å². The summed E-state index contributed by atoms with van der Waals surface area (Å²) in [4.78, 5) is 126. The van der Waals surface area contributed by atoms with Crippen molar-refractivity contribution in [2.24, 2.45) is 46.4 Å². The number of rotatable bonds is 14. The molecule has 5 bridgehead atoms. The third-order valence-corrected chi connectivity index (χ3v) is 18.1. The van der Waals surface area contributed by atoms with E-state index in [1.54, 1.807) is 32.1 Å². The van der Waals surface area contributed by atoms with Gasteiger partial charge in [-0.15, -0.1) is 0 Å². The Bertz CT molecular complexity index is 2850. The number of aliphatic imine (C=N–C) groups is 1. The van der Waals surface area contributed by atoms with Gasteiger partial charge in [0, 0.05) is 80.9 Å². The van der Waals surface area contributed by atoms with E-state index >= 15 is 14.4 Å². The van der Waals surface area contributed by atoms with E-state index in [2.05, 4.69) is 24.1 Å². The van der Waals surface area contributed by atoms with Crippen molar-refractivity contribution >= 4 is 55.2 Å². The predicted octanol–water partition coefficient (Wildman–Crippen LogP) is 6.66. The number of aldehydes is 1. The van der Waals surface area contributed by atoms with Crippen LogP contribution in [0.15, 0.2) is 52.5 Å². The van der Waals surface area contributed by atoms with E-state index in [-0.39, 0.29) is 114 Å². The number of carbonyl (C=O) groups excluding carboxylic acids is 7. The third kappa shape index (κ3) is 13.7. The lowest BCUT2D eigenvalue weighted by molar-refractivity contribution is -0.152. The van der Waals surface area contributed by atoms with Crippen molar-refractivity contribution in [3.05, 3.63) is 69.8 Å². The minimum absolute atomic E-state index is 0.00287. The van der Waals surface area contributed by atoms with Crippen LogP contribution in [0, 0.1) is 48.3 Å². The molecule has 0 radical (unpaired) electrons. The molecular weight excluding hydrogens is 1090 g/mol. The van der Waals surface area contributed by atoms with Gasteiger partial charge in [0.25, 0.3) is 11.7 Å². The summed E-state index contributed by atoms with van der Waals surface area (Å²) in [6.07, 6.45) is 3.68. The fraction of sp³-hybridized carbons (Fsp3) is 0.621. The first-order valence-electron chi connectivity index (χ1n) is 28.1. The standard InChI is InChI=1S/C58H82N5O18P/c1-13-41(65)78-30-79-55(72)62(22-15-18-40(29-64)82(74,75)76)25-27-77-56(73)63-47-45(60-58(63)20-23-61(24-21-58)28-31(2)3)42-43-50(68)39(11)52-44(42)53(70)57(12,81-52)80-26-19-32(4)35(7)36(8)37(9)49(67)38(10)48(66)33(5)16-14-17-34(6)54(71)59-46(47)51(43)69/h14,16-17,19,26,29,31-33,35-38,40,48-49,66-68H,13,15,18,20-25,27-28,30H2,1-12H3,(H,59,71)(H2,74,75,76)/b16-14+,26-19+,34-17-/t32-,33-,35+,36+,37-,38+,40?,48-,49-,57-/m0/s1. The number of aliphatic hydroxyl groups excluding tert-OH is 2. The summed E-state index contributed by atoms with van der Waals surface area (Å²) >= 11 is 0. The number of amides is 3. The van der Waals surface area contributed by atoms with Crippen molar-refractivity contribution in [3.8, 4) is 11.5 Å². The molecule has 1 spiro atoms. The molecule has 10 atom stereocenters. The largest absolute Gasteiger partial charge is 0.507 e. The molecule has 0 saturated carbocycles. The number of phenols is 1. The van der Waals surface area contributed by atoms with Crippen LogP contribution in [0.1, 0.15) is 140 Å². The van der Waals surface area contributed by atoms with Crippen molar-refractivity contribution in [3.63, 3.8) is 0 Å². The number of benzene rings is 1. The Morgan fingerprint density at radius 1 is 0.915 bits per heavy atom. The van der Waals surface area contributed by atoms with Crippen LogP contribution in [0.25, 0.3) is 0 Å². The lowest BCUT2D eigenvalue weighted by Crippen LogP contribution is -2.55. The summed E-state index contributed by atoms with van der Waals surface area (Å²) in [6, 6.07) is 0. The number of ether oxygens (including phenoxy) is 5. The van der Waals surface area contributed by atoms with Crippen LogP contribution >= 0.6 is 7.60 Å². The highest BCUT2D eigenvalue weighted by Crippen LogP contribution is 2.53. The molecular formula is C58H82N5O18P. The Balaban J connectivity index is 1.50. The highest BCUT2D eigenvalue weighted by Gasteiger charge is 2.58. The van der Waals surface area contributed by atoms with Crippen molar-refractivity contribution in [2.75, 3.05) is 46.1 Å². The van der Waals surface area contributed by atoms with Crippen molar-refractivity contribution in [1.29, 1.82) is 0 Å². The number of nitrogens with one attached hydrogen (secondary N) is 1. The van der Waals surface area contributed by atoms with Gasteiger partial charge < -0.3 is 68.7 Å². The van der Waals surface area contributed by atoms with Crippen LogP contribution in [-0.2, 0) is 37.9 Å². The van der Waals surface area contributed by atoms with Crippen LogP contribution in [0.2, 0.25) is 0 Å². The van der Waals surface area contributed by atoms with Gasteiger partial charge in [-0.3, -0.25) is 28.7 Å². The summed E-state index contributed by atoms with van der Waals surface area (Å²) in [7, 11) is -4.85. The molecule has 24 heteroatoms. The molecule has 1 aromatic rings. The fourth-order valence-corrected chi connectivity index (χ4v) is 11.9. The van der Waals surface area contributed by atoms with Crippen molar-refractivity contribution < 1.29 is 86.9 Å². The van der Waals surface area contributed by atoms with Gasteiger partial charge in [0.15, 0.2) is 0 Å². The highest BCUT2D eigenvalue weighted by molar-refractivity contribution is 7.53. The predicted molar refractivity (Wildman–Crippen MR) is 299 cm³/mol. The van der Waals surface area contributed by atoms with Gasteiger partial charge in [-0.05, 0) is 62.4 Å². The summed E-state index contributed by atoms with van der Waals surface area (Å²) in [6.45, 7) is 20.9. The summed E-state index contributed by atoms with van der Waals surface area (Å²) < 4.78 is 40.5.